The number of aromatic nitrogens is 2. The molecule has 3 aromatic heterocycles. The Hall–Kier alpha value is -4.02. The molecule has 0 spiro atoms. The summed E-state index contributed by atoms with van der Waals surface area (Å²) >= 11 is 1.58. The lowest BCUT2D eigenvalue weighted by Gasteiger charge is -2.27. The molecule has 5 rings (SSSR count). The molecule has 1 aliphatic rings. The highest BCUT2D eigenvalue weighted by atomic mass is 32.1. The maximum atomic E-state index is 13.1. The van der Waals surface area contributed by atoms with Crippen LogP contribution in [0.1, 0.15) is 38.4 Å². The zero-order valence-electron chi connectivity index (χ0n) is 24.6. The Morgan fingerprint density at radius 1 is 1.05 bits per heavy atom. The van der Waals surface area contributed by atoms with Gasteiger partial charge in [0, 0.05) is 62.0 Å². The van der Waals surface area contributed by atoms with Gasteiger partial charge >= 0.3 is 0 Å². The summed E-state index contributed by atoms with van der Waals surface area (Å²) in [6.45, 7) is 8.23. The molecule has 10 heteroatoms. The van der Waals surface area contributed by atoms with Gasteiger partial charge in [0.25, 0.3) is 5.56 Å². The molecule has 0 fully saturated rings. The summed E-state index contributed by atoms with van der Waals surface area (Å²) in [4.78, 5) is 46.7. The number of hydrogen-bond acceptors (Lipinski definition) is 7. The monoisotopic (exact) mass is 587 g/mol. The zero-order valence-corrected chi connectivity index (χ0v) is 25.4. The highest BCUT2D eigenvalue weighted by Gasteiger charge is 2.45. The minimum atomic E-state index is -1.14. The SMILES string of the molecule is CCN1C(=O)C(C)(C)C(=O)N(C)c2cc(OCCCNCc3cccnc3CCn3ccc4sccc4c3=O)ccc21. The van der Waals surface area contributed by atoms with E-state index in [0.717, 1.165) is 34.3 Å². The Bertz CT molecular complexity index is 1660. The molecular weight excluding hydrogens is 550 g/mol. The molecule has 0 bridgehead atoms. The van der Waals surface area contributed by atoms with Crippen LogP contribution >= 0.6 is 11.3 Å². The number of carbonyl (C=O) groups is 2. The summed E-state index contributed by atoms with van der Waals surface area (Å²) in [5.41, 5.74) is 2.36. The number of benzene rings is 1. The van der Waals surface area contributed by atoms with Crippen LogP contribution in [0.4, 0.5) is 11.4 Å². The van der Waals surface area contributed by atoms with Crippen molar-refractivity contribution in [3.05, 3.63) is 81.8 Å². The van der Waals surface area contributed by atoms with Gasteiger partial charge in [-0.3, -0.25) is 19.4 Å². The van der Waals surface area contributed by atoms with Crippen molar-refractivity contribution < 1.29 is 14.3 Å². The van der Waals surface area contributed by atoms with Crippen molar-refractivity contribution in [1.82, 2.24) is 14.9 Å². The first-order chi connectivity index (χ1) is 20.2. The Labute approximate surface area is 249 Å². The standard InChI is InChI=1S/C32H37N5O4S/c1-5-37-26-10-9-23(20-27(26)35(4)30(39)32(2,3)31(37)40)41-18-7-14-33-21-22-8-6-15-34-25(22)11-16-36-17-12-28-24(29(36)38)13-19-42-28/h6,8-10,12-13,15,17,19-20,33H,5,7,11,14,16,18,21H2,1-4H3. The van der Waals surface area contributed by atoms with Gasteiger partial charge in [0.15, 0.2) is 0 Å². The summed E-state index contributed by atoms with van der Waals surface area (Å²) in [7, 11) is 1.70. The van der Waals surface area contributed by atoms with E-state index in [9.17, 15) is 14.4 Å². The lowest BCUT2D eigenvalue weighted by molar-refractivity contribution is -0.137. The molecule has 1 N–H and O–H groups in total. The molecule has 4 aromatic rings. The number of carbonyl (C=O) groups excluding carboxylic acids is 2. The van der Waals surface area contributed by atoms with Gasteiger partial charge in [-0.25, -0.2) is 0 Å². The van der Waals surface area contributed by atoms with Crippen LogP contribution in [0.5, 0.6) is 5.75 Å². The number of fused-ring (bicyclic) bond motifs is 2. The smallest absolute Gasteiger partial charge is 0.259 e. The number of nitrogens with zero attached hydrogens (tertiary/aromatic N) is 4. The summed E-state index contributed by atoms with van der Waals surface area (Å²) in [6, 6.07) is 13.4. The molecule has 2 amide bonds. The van der Waals surface area contributed by atoms with Crippen molar-refractivity contribution in [3.8, 4) is 5.75 Å². The molecule has 0 radical (unpaired) electrons. The Kier molecular flexibility index (Phi) is 8.74. The van der Waals surface area contributed by atoms with E-state index in [-0.39, 0.29) is 17.4 Å². The summed E-state index contributed by atoms with van der Waals surface area (Å²) < 4.78 is 8.79. The topological polar surface area (TPSA) is 96.8 Å². The van der Waals surface area contributed by atoms with E-state index in [1.807, 2.05) is 54.9 Å². The third kappa shape index (κ3) is 5.82. The van der Waals surface area contributed by atoms with Crippen molar-refractivity contribution in [1.29, 1.82) is 0 Å². The number of thiophene rings is 1. The van der Waals surface area contributed by atoms with Gasteiger partial charge in [-0.2, -0.15) is 0 Å². The number of nitrogens with one attached hydrogen (secondary N) is 1. The Morgan fingerprint density at radius 2 is 1.88 bits per heavy atom. The first kappa shape index (κ1) is 29.5. The molecule has 0 aliphatic carbocycles. The fourth-order valence-electron chi connectivity index (χ4n) is 5.35. The highest BCUT2D eigenvalue weighted by molar-refractivity contribution is 7.17. The van der Waals surface area contributed by atoms with Crippen molar-refractivity contribution in [3.63, 3.8) is 0 Å². The fourth-order valence-corrected chi connectivity index (χ4v) is 6.12. The predicted octanol–water partition coefficient (Wildman–Crippen LogP) is 4.61. The lowest BCUT2D eigenvalue weighted by atomic mass is 9.90. The zero-order chi connectivity index (χ0) is 29.9. The molecular formula is C32H37N5O4S. The van der Waals surface area contributed by atoms with Gasteiger partial charge in [0.1, 0.15) is 11.2 Å². The van der Waals surface area contributed by atoms with Gasteiger partial charge < -0.3 is 24.4 Å². The van der Waals surface area contributed by atoms with Crippen molar-refractivity contribution in [2.45, 2.75) is 46.7 Å². The van der Waals surface area contributed by atoms with E-state index in [1.165, 1.54) is 0 Å². The number of anilines is 2. The number of rotatable bonds is 11. The van der Waals surface area contributed by atoms with Gasteiger partial charge in [0.2, 0.25) is 11.8 Å². The Balaban J connectivity index is 1.13. The van der Waals surface area contributed by atoms with Crippen molar-refractivity contribution in [2.24, 2.45) is 5.41 Å². The third-order valence-electron chi connectivity index (χ3n) is 7.78. The minimum absolute atomic E-state index is 0.0390. The van der Waals surface area contributed by atoms with Gasteiger partial charge in [-0.1, -0.05) is 6.07 Å². The van der Waals surface area contributed by atoms with E-state index in [0.29, 0.717) is 49.8 Å². The van der Waals surface area contributed by atoms with Gasteiger partial charge in [0.05, 0.1) is 23.4 Å². The summed E-state index contributed by atoms with van der Waals surface area (Å²) in [5, 5.41) is 6.18. The fraction of sp³-hybridized carbons (Fsp3) is 0.375. The van der Waals surface area contributed by atoms with Crippen molar-refractivity contribution in [2.75, 3.05) is 36.5 Å². The normalized spacial score (nSPS) is 14.8. The van der Waals surface area contributed by atoms with Crippen LogP contribution in [0.2, 0.25) is 0 Å². The predicted molar refractivity (Wildman–Crippen MR) is 168 cm³/mol. The summed E-state index contributed by atoms with van der Waals surface area (Å²) in [6.07, 6.45) is 5.11. The molecule has 1 aromatic carbocycles. The van der Waals surface area contributed by atoms with Crippen LogP contribution in [0.15, 0.2) is 65.0 Å². The minimum Gasteiger partial charge on any atom is -0.493 e. The summed E-state index contributed by atoms with van der Waals surface area (Å²) in [5.74, 6) is 0.212. The molecule has 220 valence electrons. The average Bonchev–Trinajstić information content (AvgIpc) is 3.47. The molecule has 1 aliphatic heterocycles. The van der Waals surface area contributed by atoms with Crippen LogP contribution in [-0.4, -0.2) is 48.1 Å². The molecule has 9 nitrogen and oxygen atoms in total. The quantitative estimate of drug-likeness (QED) is 0.203. The number of hydrogen-bond donors (Lipinski definition) is 1. The van der Waals surface area contributed by atoms with E-state index >= 15 is 0 Å². The molecule has 4 heterocycles. The average molecular weight is 588 g/mol. The van der Waals surface area contributed by atoms with Gasteiger partial charge in [-0.05, 0) is 75.0 Å². The second-order valence-electron chi connectivity index (χ2n) is 10.9. The lowest BCUT2D eigenvalue weighted by Crippen LogP contribution is -2.47. The first-order valence-corrected chi connectivity index (χ1v) is 15.2. The molecule has 42 heavy (non-hydrogen) atoms. The van der Waals surface area contributed by atoms with E-state index in [4.69, 9.17) is 4.74 Å². The maximum absolute atomic E-state index is 13.1. The van der Waals surface area contributed by atoms with E-state index in [1.54, 1.807) is 52.8 Å². The second-order valence-corrected chi connectivity index (χ2v) is 11.9. The number of ether oxygens (including phenoxy) is 1. The number of amides is 2. The number of pyridine rings is 2. The Morgan fingerprint density at radius 3 is 2.69 bits per heavy atom. The van der Waals surface area contributed by atoms with Crippen LogP contribution in [0, 0.1) is 5.41 Å². The highest BCUT2D eigenvalue weighted by Crippen LogP contribution is 2.40. The van der Waals surface area contributed by atoms with Gasteiger partial charge in [-0.15, -0.1) is 11.3 Å². The number of aryl methyl sites for hydroxylation is 2. The van der Waals surface area contributed by atoms with Crippen LogP contribution in [-0.2, 0) is 29.1 Å². The molecule has 0 unspecified atom stereocenters. The maximum Gasteiger partial charge on any atom is 0.259 e. The van der Waals surface area contributed by atoms with Crippen LogP contribution in [0.25, 0.3) is 10.1 Å². The largest absolute Gasteiger partial charge is 0.493 e. The second kappa shape index (κ2) is 12.5. The van der Waals surface area contributed by atoms with E-state index < -0.39 is 5.41 Å². The molecule has 0 saturated heterocycles. The van der Waals surface area contributed by atoms with E-state index in [2.05, 4.69) is 16.4 Å². The first-order valence-electron chi connectivity index (χ1n) is 14.3. The van der Waals surface area contributed by atoms with Crippen LogP contribution in [0.3, 0.4) is 0 Å². The van der Waals surface area contributed by atoms with Crippen LogP contribution < -0.4 is 25.4 Å². The third-order valence-corrected chi connectivity index (χ3v) is 8.66. The molecule has 0 atom stereocenters. The van der Waals surface area contributed by atoms with Crippen molar-refractivity contribution >= 4 is 44.6 Å². The molecule has 0 saturated carbocycles.